The predicted octanol–water partition coefficient (Wildman–Crippen LogP) is 1.26. The van der Waals surface area contributed by atoms with Crippen molar-refractivity contribution in [2.24, 2.45) is 0 Å². The molecule has 1 atom stereocenters. The summed E-state index contributed by atoms with van der Waals surface area (Å²) in [5.41, 5.74) is 0. The fraction of sp³-hybridized carbons (Fsp3) is 0.727. The average Bonchev–Trinajstić information content (AvgIpc) is 2.78. The quantitative estimate of drug-likeness (QED) is 0.812. The largest absolute Gasteiger partial charge is 0.340 e. The molecule has 84 valence electrons. The van der Waals surface area contributed by atoms with E-state index in [-0.39, 0.29) is 0 Å². The number of nitrogens with zero attached hydrogens (tertiary/aromatic N) is 3. The number of nitrogens with one attached hydrogen (secondary N) is 1. The zero-order chi connectivity index (χ0) is 10.7. The molecule has 2 heterocycles. The van der Waals surface area contributed by atoms with Crippen molar-refractivity contribution in [3.05, 3.63) is 12.4 Å². The third-order valence-electron chi connectivity index (χ3n) is 3.11. The van der Waals surface area contributed by atoms with Gasteiger partial charge in [-0.15, -0.1) is 0 Å². The molecule has 0 bridgehead atoms. The highest BCUT2D eigenvalue weighted by atomic mass is 15.3. The van der Waals surface area contributed by atoms with Gasteiger partial charge in [0.05, 0.1) is 0 Å². The minimum atomic E-state index is 0.539. The summed E-state index contributed by atoms with van der Waals surface area (Å²) in [5, 5.41) is 3.36. The number of aromatic nitrogens is 2. The van der Waals surface area contributed by atoms with Crippen LogP contribution in [0.15, 0.2) is 12.4 Å². The molecule has 1 aromatic heterocycles. The lowest BCUT2D eigenvalue weighted by Gasteiger charge is -2.30. The number of hydrogen-bond acceptors (Lipinski definition) is 3. The second kappa shape index (κ2) is 4.66. The first kappa shape index (κ1) is 10.5. The van der Waals surface area contributed by atoms with Gasteiger partial charge in [-0.25, -0.2) is 4.98 Å². The van der Waals surface area contributed by atoms with Crippen molar-refractivity contribution in [2.75, 3.05) is 31.1 Å². The highest BCUT2D eigenvalue weighted by Crippen LogP contribution is 2.19. The molecule has 1 fully saturated rings. The summed E-state index contributed by atoms with van der Waals surface area (Å²) >= 11 is 0. The van der Waals surface area contributed by atoms with Crippen LogP contribution in [0.4, 0.5) is 5.95 Å². The molecule has 1 saturated heterocycles. The van der Waals surface area contributed by atoms with E-state index < -0.39 is 0 Å². The topological polar surface area (TPSA) is 33.1 Å². The monoisotopic (exact) mass is 208 g/mol. The second-order valence-electron chi connectivity index (χ2n) is 4.13. The van der Waals surface area contributed by atoms with Crippen LogP contribution >= 0.6 is 0 Å². The minimum Gasteiger partial charge on any atom is -0.340 e. The van der Waals surface area contributed by atoms with Gasteiger partial charge >= 0.3 is 0 Å². The van der Waals surface area contributed by atoms with Crippen LogP contribution in [-0.2, 0) is 0 Å². The summed E-state index contributed by atoms with van der Waals surface area (Å²) in [5.74, 6) is 1.13. The van der Waals surface area contributed by atoms with Crippen molar-refractivity contribution >= 4 is 5.95 Å². The van der Waals surface area contributed by atoms with Crippen LogP contribution in [0.1, 0.15) is 26.3 Å². The molecule has 0 aromatic carbocycles. The average molecular weight is 208 g/mol. The van der Waals surface area contributed by atoms with Gasteiger partial charge in [0, 0.05) is 44.6 Å². The van der Waals surface area contributed by atoms with Crippen LogP contribution in [0.2, 0.25) is 0 Å². The Kier molecular flexibility index (Phi) is 3.26. The molecule has 0 radical (unpaired) electrons. The molecule has 1 aliphatic rings. The van der Waals surface area contributed by atoms with Crippen LogP contribution in [-0.4, -0.2) is 35.7 Å². The van der Waals surface area contributed by atoms with E-state index in [1.807, 2.05) is 6.20 Å². The van der Waals surface area contributed by atoms with E-state index in [1.165, 1.54) is 0 Å². The van der Waals surface area contributed by atoms with E-state index in [1.54, 1.807) is 0 Å². The Morgan fingerprint density at radius 2 is 2.20 bits per heavy atom. The molecular formula is C11H20N4. The first-order valence-corrected chi connectivity index (χ1v) is 5.81. The summed E-state index contributed by atoms with van der Waals surface area (Å²) in [6, 6.07) is 0.539. The summed E-state index contributed by atoms with van der Waals surface area (Å²) in [4.78, 5) is 6.83. The van der Waals surface area contributed by atoms with Gasteiger partial charge in [0.2, 0.25) is 5.95 Å². The van der Waals surface area contributed by atoms with Crippen LogP contribution in [0.5, 0.6) is 0 Å². The molecule has 1 N–H and O–H groups in total. The Morgan fingerprint density at radius 3 is 2.87 bits per heavy atom. The maximum Gasteiger partial charge on any atom is 0.205 e. The lowest BCUT2D eigenvalue weighted by atomic mass is 10.2. The number of imidazole rings is 1. The molecule has 0 saturated carbocycles. The number of hydrogen-bond donors (Lipinski definition) is 1. The van der Waals surface area contributed by atoms with Gasteiger partial charge in [-0.1, -0.05) is 6.92 Å². The Balaban J connectivity index is 2.15. The van der Waals surface area contributed by atoms with E-state index in [9.17, 15) is 0 Å². The molecule has 4 nitrogen and oxygen atoms in total. The fourth-order valence-electron chi connectivity index (χ4n) is 1.96. The fourth-order valence-corrected chi connectivity index (χ4v) is 1.96. The third kappa shape index (κ3) is 2.15. The molecular weight excluding hydrogens is 188 g/mol. The van der Waals surface area contributed by atoms with Crippen LogP contribution in [0, 0.1) is 0 Å². The number of rotatable bonds is 3. The van der Waals surface area contributed by atoms with Gasteiger partial charge in [-0.05, 0) is 13.3 Å². The van der Waals surface area contributed by atoms with Crippen molar-refractivity contribution < 1.29 is 0 Å². The lowest BCUT2D eigenvalue weighted by molar-refractivity contribution is 0.507. The van der Waals surface area contributed by atoms with Gasteiger partial charge in [0.1, 0.15) is 0 Å². The molecule has 0 amide bonds. The number of piperazine rings is 1. The van der Waals surface area contributed by atoms with E-state index >= 15 is 0 Å². The molecule has 1 aromatic rings. The summed E-state index contributed by atoms with van der Waals surface area (Å²) in [6.07, 6.45) is 5.14. The van der Waals surface area contributed by atoms with Crippen molar-refractivity contribution in [2.45, 2.75) is 26.3 Å². The molecule has 0 spiro atoms. The smallest absolute Gasteiger partial charge is 0.205 e. The third-order valence-corrected chi connectivity index (χ3v) is 3.11. The predicted molar refractivity (Wildman–Crippen MR) is 62.3 cm³/mol. The van der Waals surface area contributed by atoms with Gasteiger partial charge in [-0.2, -0.15) is 0 Å². The van der Waals surface area contributed by atoms with E-state index in [4.69, 9.17) is 0 Å². The molecule has 4 heteroatoms. The van der Waals surface area contributed by atoms with E-state index in [0.29, 0.717) is 6.04 Å². The Morgan fingerprint density at radius 1 is 1.47 bits per heavy atom. The lowest BCUT2D eigenvalue weighted by Crippen LogP contribution is -2.44. The Bertz CT molecular complexity index is 301. The van der Waals surface area contributed by atoms with Crippen molar-refractivity contribution in [3.63, 3.8) is 0 Å². The SMILES string of the molecule is CCC(C)n1ccnc1N1CCNCC1. The molecule has 1 unspecified atom stereocenters. The van der Waals surface area contributed by atoms with Gasteiger partial charge in [-0.3, -0.25) is 0 Å². The van der Waals surface area contributed by atoms with E-state index in [0.717, 1.165) is 38.5 Å². The standard InChI is InChI=1S/C11H20N4/c1-3-10(2)15-9-6-13-11(15)14-7-4-12-5-8-14/h6,9-10,12H,3-5,7-8H2,1-2H3. The zero-order valence-electron chi connectivity index (χ0n) is 9.61. The van der Waals surface area contributed by atoms with Crippen molar-refractivity contribution in [3.8, 4) is 0 Å². The molecule has 15 heavy (non-hydrogen) atoms. The molecule has 1 aliphatic heterocycles. The normalized spacial score (nSPS) is 19.2. The van der Waals surface area contributed by atoms with Crippen LogP contribution in [0.3, 0.4) is 0 Å². The van der Waals surface area contributed by atoms with Crippen LogP contribution < -0.4 is 10.2 Å². The maximum absolute atomic E-state index is 4.47. The first-order chi connectivity index (χ1) is 7.33. The van der Waals surface area contributed by atoms with Gasteiger partial charge < -0.3 is 14.8 Å². The Hall–Kier alpha value is -1.03. The highest BCUT2D eigenvalue weighted by Gasteiger charge is 2.16. The maximum atomic E-state index is 4.47. The van der Waals surface area contributed by atoms with Gasteiger partial charge in [0.15, 0.2) is 0 Å². The second-order valence-corrected chi connectivity index (χ2v) is 4.13. The zero-order valence-corrected chi connectivity index (χ0v) is 9.61. The van der Waals surface area contributed by atoms with Crippen molar-refractivity contribution in [1.82, 2.24) is 14.9 Å². The highest BCUT2D eigenvalue weighted by molar-refractivity contribution is 5.32. The van der Waals surface area contributed by atoms with Gasteiger partial charge in [0.25, 0.3) is 0 Å². The number of anilines is 1. The summed E-state index contributed by atoms with van der Waals surface area (Å²) in [6.45, 7) is 8.71. The Labute approximate surface area is 91.3 Å². The summed E-state index contributed by atoms with van der Waals surface area (Å²) in [7, 11) is 0. The summed E-state index contributed by atoms with van der Waals surface area (Å²) < 4.78 is 2.28. The molecule has 2 rings (SSSR count). The van der Waals surface area contributed by atoms with Crippen LogP contribution in [0.25, 0.3) is 0 Å². The molecule has 0 aliphatic carbocycles. The van der Waals surface area contributed by atoms with Crippen molar-refractivity contribution in [1.29, 1.82) is 0 Å². The minimum absolute atomic E-state index is 0.539. The van der Waals surface area contributed by atoms with E-state index in [2.05, 4.69) is 39.8 Å². The first-order valence-electron chi connectivity index (χ1n) is 5.81.